The summed E-state index contributed by atoms with van der Waals surface area (Å²) < 4.78 is 0. The minimum absolute atomic E-state index is 0.112. The SMILES string of the molecule is C=CC(C)Nc1cc(Cl)ccc1C#N. The van der Waals surface area contributed by atoms with Crippen molar-refractivity contribution in [2.75, 3.05) is 5.32 Å². The topological polar surface area (TPSA) is 35.8 Å². The van der Waals surface area contributed by atoms with E-state index < -0.39 is 0 Å². The van der Waals surface area contributed by atoms with Gasteiger partial charge in [-0.1, -0.05) is 17.7 Å². The van der Waals surface area contributed by atoms with E-state index in [0.717, 1.165) is 5.69 Å². The molecule has 1 aromatic rings. The van der Waals surface area contributed by atoms with Crippen LogP contribution in [-0.2, 0) is 0 Å². The lowest BCUT2D eigenvalue weighted by molar-refractivity contribution is 1.00. The molecular formula is C11H11ClN2. The zero-order valence-electron chi connectivity index (χ0n) is 7.92. The van der Waals surface area contributed by atoms with E-state index in [4.69, 9.17) is 16.9 Å². The molecule has 0 aliphatic heterocycles. The molecule has 0 spiro atoms. The molecule has 1 aromatic carbocycles. The number of anilines is 1. The van der Waals surface area contributed by atoms with Crippen LogP contribution in [0.15, 0.2) is 30.9 Å². The third-order valence-electron chi connectivity index (χ3n) is 1.84. The van der Waals surface area contributed by atoms with Gasteiger partial charge >= 0.3 is 0 Å². The second-order valence-electron chi connectivity index (χ2n) is 2.97. The van der Waals surface area contributed by atoms with Crippen LogP contribution in [-0.4, -0.2) is 6.04 Å². The molecule has 0 saturated carbocycles. The van der Waals surface area contributed by atoms with Gasteiger partial charge in [-0.05, 0) is 25.1 Å². The van der Waals surface area contributed by atoms with Crippen molar-refractivity contribution in [1.29, 1.82) is 5.26 Å². The van der Waals surface area contributed by atoms with Crippen LogP contribution in [0.2, 0.25) is 5.02 Å². The first kappa shape index (κ1) is 10.6. The van der Waals surface area contributed by atoms with Crippen molar-refractivity contribution in [3.05, 3.63) is 41.4 Å². The summed E-state index contributed by atoms with van der Waals surface area (Å²) in [7, 11) is 0. The zero-order valence-corrected chi connectivity index (χ0v) is 8.67. The maximum Gasteiger partial charge on any atom is 0.101 e. The number of hydrogen-bond acceptors (Lipinski definition) is 2. The minimum Gasteiger partial charge on any atom is -0.378 e. The Hall–Kier alpha value is -1.46. The molecule has 0 amide bonds. The summed E-state index contributed by atoms with van der Waals surface area (Å²) >= 11 is 5.83. The molecule has 3 heteroatoms. The minimum atomic E-state index is 0.112. The number of hydrogen-bond donors (Lipinski definition) is 1. The largest absolute Gasteiger partial charge is 0.378 e. The fourth-order valence-corrected chi connectivity index (χ4v) is 1.21. The Kier molecular flexibility index (Phi) is 3.55. The highest BCUT2D eigenvalue weighted by Gasteiger charge is 2.04. The molecule has 1 unspecified atom stereocenters. The molecule has 0 aliphatic carbocycles. The molecule has 72 valence electrons. The monoisotopic (exact) mass is 206 g/mol. The van der Waals surface area contributed by atoms with Gasteiger partial charge in [-0.15, -0.1) is 6.58 Å². The first-order valence-electron chi connectivity index (χ1n) is 4.26. The standard InChI is InChI=1S/C11H11ClN2/c1-3-8(2)14-11-6-10(12)5-4-9(11)7-13/h3-6,8,14H,1H2,2H3. The average molecular weight is 207 g/mol. The van der Waals surface area contributed by atoms with Gasteiger partial charge in [0.1, 0.15) is 6.07 Å². The summed E-state index contributed by atoms with van der Waals surface area (Å²) in [5.74, 6) is 0. The second-order valence-corrected chi connectivity index (χ2v) is 3.41. The summed E-state index contributed by atoms with van der Waals surface area (Å²) in [6.45, 7) is 5.61. The lowest BCUT2D eigenvalue weighted by Crippen LogP contribution is -2.12. The summed E-state index contributed by atoms with van der Waals surface area (Å²) in [4.78, 5) is 0. The van der Waals surface area contributed by atoms with Crippen molar-refractivity contribution in [2.45, 2.75) is 13.0 Å². The van der Waals surface area contributed by atoms with Gasteiger partial charge in [-0.2, -0.15) is 5.26 Å². The summed E-state index contributed by atoms with van der Waals surface area (Å²) in [5, 5.41) is 12.6. The molecule has 0 radical (unpaired) electrons. The molecule has 0 bridgehead atoms. The Morgan fingerprint density at radius 1 is 1.64 bits per heavy atom. The Balaban J connectivity index is 3.00. The van der Waals surface area contributed by atoms with Crippen LogP contribution in [0.25, 0.3) is 0 Å². The van der Waals surface area contributed by atoms with Gasteiger partial charge in [0.2, 0.25) is 0 Å². The van der Waals surface area contributed by atoms with Gasteiger partial charge in [0, 0.05) is 11.1 Å². The van der Waals surface area contributed by atoms with E-state index in [1.54, 1.807) is 24.3 Å². The van der Waals surface area contributed by atoms with Crippen molar-refractivity contribution in [1.82, 2.24) is 0 Å². The molecule has 0 aromatic heterocycles. The predicted octanol–water partition coefficient (Wildman–Crippen LogP) is 3.20. The van der Waals surface area contributed by atoms with Crippen LogP contribution < -0.4 is 5.32 Å². The molecule has 0 aliphatic rings. The van der Waals surface area contributed by atoms with E-state index in [0.29, 0.717) is 10.6 Å². The number of nitrogens with one attached hydrogen (secondary N) is 1. The maximum atomic E-state index is 8.84. The smallest absolute Gasteiger partial charge is 0.101 e. The molecule has 2 nitrogen and oxygen atoms in total. The highest BCUT2D eigenvalue weighted by Crippen LogP contribution is 2.21. The average Bonchev–Trinajstić information content (AvgIpc) is 2.18. The molecule has 1 atom stereocenters. The van der Waals surface area contributed by atoms with E-state index in [2.05, 4.69) is 18.0 Å². The fourth-order valence-electron chi connectivity index (χ4n) is 1.04. The molecule has 14 heavy (non-hydrogen) atoms. The summed E-state index contributed by atoms with van der Waals surface area (Å²) in [6.07, 6.45) is 1.77. The van der Waals surface area contributed by atoms with Crippen LogP contribution in [0.3, 0.4) is 0 Å². The van der Waals surface area contributed by atoms with Crippen molar-refractivity contribution < 1.29 is 0 Å². The molecular weight excluding hydrogens is 196 g/mol. The Morgan fingerprint density at radius 2 is 2.36 bits per heavy atom. The highest BCUT2D eigenvalue weighted by molar-refractivity contribution is 6.30. The van der Waals surface area contributed by atoms with Gasteiger partial charge in [0.05, 0.1) is 11.3 Å². The van der Waals surface area contributed by atoms with E-state index >= 15 is 0 Å². The van der Waals surface area contributed by atoms with Crippen LogP contribution in [0.5, 0.6) is 0 Å². The quantitative estimate of drug-likeness (QED) is 0.771. The number of nitriles is 1. The predicted molar refractivity (Wildman–Crippen MR) is 59.4 cm³/mol. The first-order valence-corrected chi connectivity index (χ1v) is 4.64. The van der Waals surface area contributed by atoms with Crippen LogP contribution in [0.1, 0.15) is 12.5 Å². The van der Waals surface area contributed by atoms with Gasteiger partial charge in [-0.25, -0.2) is 0 Å². The second kappa shape index (κ2) is 4.69. The van der Waals surface area contributed by atoms with Crippen molar-refractivity contribution in [3.8, 4) is 6.07 Å². The lowest BCUT2D eigenvalue weighted by Gasteiger charge is -2.12. The van der Waals surface area contributed by atoms with E-state index in [-0.39, 0.29) is 6.04 Å². The molecule has 1 rings (SSSR count). The normalized spacial score (nSPS) is 11.5. The Labute approximate surface area is 88.8 Å². The molecule has 0 fully saturated rings. The van der Waals surface area contributed by atoms with Crippen molar-refractivity contribution in [2.24, 2.45) is 0 Å². The first-order chi connectivity index (χ1) is 6.67. The zero-order chi connectivity index (χ0) is 10.6. The number of benzene rings is 1. The molecule has 1 N–H and O–H groups in total. The third-order valence-corrected chi connectivity index (χ3v) is 2.07. The van der Waals surface area contributed by atoms with Crippen molar-refractivity contribution in [3.63, 3.8) is 0 Å². The maximum absolute atomic E-state index is 8.84. The Bertz CT molecular complexity index is 379. The summed E-state index contributed by atoms with van der Waals surface area (Å²) in [5.41, 5.74) is 1.33. The summed E-state index contributed by atoms with van der Waals surface area (Å²) in [6, 6.07) is 7.34. The number of rotatable bonds is 3. The number of nitrogens with zero attached hydrogens (tertiary/aromatic N) is 1. The van der Waals surface area contributed by atoms with Crippen molar-refractivity contribution >= 4 is 17.3 Å². The van der Waals surface area contributed by atoms with E-state index in [1.807, 2.05) is 6.92 Å². The third kappa shape index (κ3) is 2.51. The number of halogens is 1. The van der Waals surface area contributed by atoms with Gasteiger partial charge in [-0.3, -0.25) is 0 Å². The highest BCUT2D eigenvalue weighted by atomic mass is 35.5. The van der Waals surface area contributed by atoms with Crippen LogP contribution in [0, 0.1) is 11.3 Å². The lowest BCUT2D eigenvalue weighted by atomic mass is 10.2. The van der Waals surface area contributed by atoms with Crippen LogP contribution in [0.4, 0.5) is 5.69 Å². The van der Waals surface area contributed by atoms with E-state index in [9.17, 15) is 0 Å². The van der Waals surface area contributed by atoms with Crippen LogP contribution >= 0.6 is 11.6 Å². The Morgan fingerprint density at radius 3 is 2.93 bits per heavy atom. The molecule has 0 saturated heterocycles. The van der Waals surface area contributed by atoms with E-state index in [1.165, 1.54) is 0 Å². The molecule has 0 heterocycles. The fraction of sp³-hybridized carbons (Fsp3) is 0.182. The van der Waals surface area contributed by atoms with Gasteiger partial charge < -0.3 is 5.32 Å². The van der Waals surface area contributed by atoms with Gasteiger partial charge in [0.15, 0.2) is 0 Å². The van der Waals surface area contributed by atoms with Gasteiger partial charge in [0.25, 0.3) is 0 Å².